The van der Waals surface area contributed by atoms with Crippen LogP contribution in [0.15, 0.2) is 24.3 Å². The highest BCUT2D eigenvalue weighted by Gasteiger charge is 2.36. The maximum absolute atomic E-state index is 11.8. The number of rotatable bonds is 3. The highest BCUT2D eigenvalue weighted by molar-refractivity contribution is 6.20. The monoisotopic (exact) mass is 232 g/mol. The van der Waals surface area contributed by atoms with E-state index in [1.165, 1.54) is 4.90 Å². The highest BCUT2D eigenvalue weighted by atomic mass is 16.2. The van der Waals surface area contributed by atoms with Crippen molar-refractivity contribution in [1.29, 1.82) is 0 Å². The lowest BCUT2D eigenvalue weighted by Crippen LogP contribution is -2.29. The number of amides is 2. The predicted molar refractivity (Wildman–Crippen MR) is 65.5 cm³/mol. The van der Waals surface area contributed by atoms with Gasteiger partial charge in [0.1, 0.15) is 0 Å². The van der Waals surface area contributed by atoms with Gasteiger partial charge in [-0.2, -0.15) is 0 Å². The van der Waals surface area contributed by atoms with Gasteiger partial charge in [0.25, 0.3) is 0 Å². The number of anilines is 1. The quantitative estimate of drug-likeness (QED) is 0.793. The van der Waals surface area contributed by atoms with E-state index in [0.717, 1.165) is 12.0 Å². The predicted octanol–water partition coefficient (Wildman–Crippen LogP) is 1.09. The number of nitrogens with two attached hydrogens (primary N) is 1. The molecule has 2 N–H and O–H groups in total. The van der Waals surface area contributed by atoms with E-state index < -0.39 is 0 Å². The molecule has 90 valence electrons. The van der Waals surface area contributed by atoms with E-state index >= 15 is 0 Å². The topological polar surface area (TPSA) is 63.4 Å². The lowest BCUT2D eigenvalue weighted by atomic mass is 10.1. The van der Waals surface area contributed by atoms with Gasteiger partial charge in [-0.1, -0.05) is 19.1 Å². The van der Waals surface area contributed by atoms with Gasteiger partial charge in [-0.05, 0) is 30.7 Å². The maximum atomic E-state index is 11.8. The zero-order chi connectivity index (χ0) is 12.4. The zero-order valence-electron chi connectivity index (χ0n) is 9.85. The van der Waals surface area contributed by atoms with Crippen LogP contribution < -0.4 is 10.6 Å². The fraction of sp³-hybridized carbons (Fsp3) is 0.385. The Morgan fingerprint density at radius 2 is 1.94 bits per heavy atom. The number of hydrogen-bond donors (Lipinski definition) is 1. The van der Waals surface area contributed by atoms with Crippen LogP contribution in [0.25, 0.3) is 0 Å². The Hall–Kier alpha value is -1.68. The number of imide groups is 1. The van der Waals surface area contributed by atoms with Gasteiger partial charge in [0.05, 0.1) is 5.69 Å². The van der Waals surface area contributed by atoms with E-state index in [1.807, 2.05) is 12.1 Å². The van der Waals surface area contributed by atoms with Crippen molar-refractivity contribution in [2.45, 2.75) is 19.8 Å². The molecule has 1 atom stereocenters. The molecule has 1 aliphatic rings. The molecule has 0 radical (unpaired) electrons. The van der Waals surface area contributed by atoms with Crippen molar-refractivity contribution >= 4 is 17.5 Å². The third-order valence-corrected chi connectivity index (χ3v) is 3.00. The Bertz CT molecular complexity index is 439. The molecule has 0 bridgehead atoms. The lowest BCUT2D eigenvalue weighted by Gasteiger charge is -2.14. The number of carbonyl (C=O) groups excluding carboxylic acids is 2. The fourth-order valence-corrected chi connectivity index (χ4v) is 2.03. The van der Waals surface area contributed by atoms with E-state index in [4.69, 9.17) is 5.73 Å². The summed E-state index contributed by atoms with van der Waals surface area (Å²) < 4.78 is 0. The third-order valence-electron chi connectivity index (χ3n) is 3.00. The molecule has 2 rings (SSSR count). The Balaban J connectivity index is 2.22. The van der Waals surface area contributed by atoms with E-state index in [0.29, 0.717) is 18.7 Å². The van der Waals surface area contributed by atoms with Crippen LogP contribution in [0.3, 0.4) is 0 Å². The number of carbonyl (C=O) groups is 2. The minimum Gasteiger partial charge on any atom is -0.330 e. The van der Waals surface area contributed by atoms with Crippen LogP contribution in [-0.2, 0) is 16.0 Å². The first-order chi connectivity index (χ1) is 8.13. The summed E-state index contributed by atoms with van der Waals surface area (Å²) in [6.07, 6.45) is 1.11. The van der Waals surface area contributed by atoms with Gasteiger partial charge in [0, 0.05) is 12.3 Å². The molecular formula is C13H16N2O2. The number of benzene rings is 1. The van der Waals surface area contributed by atoms with Gasteiger partial charge >= 0.3 is 0 Å². The summed E-state index contributed by atoms with van der Waals surface area (Å²) in [5, 5.41) is 0. The lowest BCUT2D eigenvalue weighted by molar-refractivity contribution is -0.122. The smallest absolute Gasteiger partial charge is 0.237 e. The molecule has 1 unspecified atom stereocenters. The maximum Gasteiger partial charge on any atom is 0.237 e. The molecule has 0 aliphatic carbocycles. The van der Waals surface area contributed by atoms with Gasteiger partial charge in [0.2, 0.25) is 11.8 Å². The van der Waals surface area contributed by atoms with Crippen molar-refractivity contribution in [2.75, 3.05) is 11.4 Å². The summed E-state index contributed by atoms with van der Waals surface area (Å²) in [7, 11) is 0. The van der Waals surface area contributed by atoms with Crippen molar-refractivity contribution in [3.05, 3.63) is 29.8 Å². The van der Waals surface area contributed by atoms with Crippen LogP contribution in [0, 0.1) is 5.92 Å². The molecule has 1 aliphatic heterocycles. The van der Waals surface area contributed by atoms with Crippen LogP contribution in [0.2, 0.25) is 0 Å². The summed E-state index contributed by atoms with van der Waals surface area (Å²) in [6, 6.07) is 7.43. The van der Waals surface area contributed by atoms with Crippen LogP contribution in [0.4, 0.5) is 5.69 Å². The summed E-state index contributed by atoms with van der Waals surface area (Å²) in [4.78, 5) is 24.8. The second kappa shape index (κ2) is 4.67. The summed E-state index contributed by atoms with van der Waals surface area (Å²) in [5.41, 5.74) is 7.24. The minimum atomic E-state index is -0.203. The van der Waals surface area contributed by atoms with E-state index in [-0.39, 0.29) is 17.7 Å². The van der Waals surface area contributed by atoms with Crippen molar-refractivity contribution < 1.29 is 9.59 Å². The molecular weight excluding hydrogens is 216 g/mol. The average molecular weight is 232 g/mol. The standard InChI is InChI=1S/C13H16N2O2/c1-9-8-12(16)15(13(9)17)11-4-2-10(3-5-11)6-7-14/h2-5,9H,6-8,14H2,1H3. The third kappa shape index (κ3) is 2.22. The van der Waals surface area contributed by atoms with Gasteiger partial charge in [-0.15, -0.1) is 0 Å². The average Bonchev–Trinajstić information content (AvgIpc) is 2.55. The fourth-order valence-electron chi connectivity index (χ4n) is 2.03. The van der Waals surface area contributed by atoms with Crippen LogP contribution in [0.5, 0.6) is 0 Å². The molecule has 1 aromatic rings. The highest BCUT2D eigenvalue weighted by Crippen LogP contribution is 2.26. The molecule has 1 saturated heterocycles. The van der Waals surface area contributed by atoms with Crippen molar-refractivity contribution in [1.82, 2.24) is 0 Å². The van der Waals surface area contributed by atoms with E-state index in [2.05, 4.69) is 0 Å². The number of hydrogen-bond acceptors (Lipinski definition) is 3. The molecule has 2 amide bonds. The molecule has 0 saturated carbocycles. The van der Waals surface area contributed by atoms with Crippen molar-refractivity contribution in [3.8, 4) is 0 Å². The van der Waals surface area contributed by atoms with Crippen LogP contribution in [0.1, 0.15) is 18.9 Å². The summed E-state index contributed by atoms with van der Waals surface area (Å²) in [6.45, 7) is 2.38. The normalized spacial score (nSPS) is 20.1. The molecule has 0 aromatic heterocycles. The first kappa shape index (κ1) is 11.8. The Morgan fingerprint density at radius 3 is 2.41 bits per heavy atom. The van der Waals surface area contributed by atoms with Gasteiger partial charge in [-0.25, -0.2) is 0 Å². The summed E-state index contributed by atoms with van der Waals surface area (Å²) in [5.74, 6) is -0.429. The molecule has 1 heterocycles. The van der Waals surface area contributed by atoms with E-state index in [9.17, 15) is 9.59 Å². The van der Waals surface area contributed by atoms with Crippen molar-refractivity contribution in [2.24, 2.45) is 11.7 Å². The van der Waals surface area contributed by atoms with Gasteiger partial charge in [-0.3, -0.25) is 14.5 Å². The van der Waals surface area contributed by atoms with Gasteiger partial charge < -0.3 is 5.73 Å². The van der Waals surface area contributed by atoms with Crippen molar-refractivity contribution in [3.63, 3.8) is 0 Å². The molecule has 0 spiro atoms. The molecule has 4 nitrogen and oxygen atoms in total. The molecule has 1 fully saturated rings. The van der Waals surface area contributed by atoms with Gasteiger partial charge in [0.15, 0.2) is 0 Å². The first-order valence-corrected chi connectivity index (χ1v) is 5.79. The second-order valence-electron chi connectivity index (χ2n) is 4.38. The Kier molecular flexibility index (Phi) is 3.24. The second-order valence-corrected chi connectivity index (χ2v) is 4.38. The van der Waals surface area contributed by atoms with Crippen LogP contribution >= 0.6 is 0 Å². The largest absolute Gasteiger partial charge is 0.330 e. The first-order valence-electron chi connectivity index (χ1n) is 5.79. The minimum absolute atomic E-state index is 0.110. The van der Waals surface area contributed by atoms with Crippen LogP contribution in [-0.4, -0.2) is 18.4 Å². The zero-order valence-corrected chi connectivity index (χ0v) is 9.85. The number of nitrogens with zero attached hydrogens (tertiary/aromatic N) is 1. The summed E-state index contributed by atoms with van der Waals surface area (Å²) >= 11 is 0. The molecule has 4 heteroatoms. The van der Waals surface area contributed by atoms with E-state index in [1.54, 1.807) is 19.1 Å². The molecule has 17 heavy (non-hydrogen) atoms. The SMILES string of the molecule is CC1CC(=O)N(c2ccc(CCN)cc2)C1=O. The molecule has 1 aromatic carbocycles. The Morgan fingerprint density at radius 1 is 1.29 bits per heavy atom. The Labute approximate surface area is 100 Å².